The number of hydrogen-bond acceptors (Lipinski definition) is 15. The lowest BCUT2D eigenvalue weighted by Crippen LogP contribution is -2.61. The van der Waals surface area contributed by atoms with Gasteiger partial charge in [0, 0.05) is 23.8 Å². The minimum absolute atomic E-state index is 0.0227. The smallest absolute Gasteiger partial charge is 0.229 e. The SMILES string of the molecule is COc1cc(O[C@H]2O[C@H](CO[C@H]3OC[C@H](O)[C@H](O)[C@@H]3O)[C@@H](O)[C@H](O)[C@H]2O)c2c(=O)cc(-c3ccc(OC)c(OC)c3)oc2c1. The predicted molar refractivity (Wildman–Crippen MR) is 149 cm³/mol. The predicted octanol–water partition coefficient (Wildman–Crippen LogP) is -0.872. The van der Waals surface area contributed by atoms with Crippen LogP contribution in [0.2, 0.25) is 0 Å². The topological polar surface area (TPSA) is 216 Å². The summed E-state index contributed by atoms with van der Waals surface area (Å²) in [5, 5.41) is 61.4. The molecule has 15 nitrogen and oxygen atoms in total. The minimum Gasteiger partial charge on any atom is -0.496 e. The van der Waals surface area contributed by atoms with Crippen molar-refractivity contribution < 1.29 is 68.2 Å². The fraction of sp³-hybridized carbons (Fsp3) is 0.483. The van der Waals surface area contributed by atoms with Crippen LogP contribution in [0.1, 0.15) is 0 Å². The van der Waals surface area contributed by atoms with Crippen LogP contribution in [-0.2, 0) is 14.2 Å². The van der Waals surface area contributed by atoms with Crippen molar-refractivity contribution in [2.45, 2.75) is 55.3 Å². The van der Waals surface area contributed by atoms with Gasteiger partial charge in [-0.1, -0.05) is 0 Å². The molecule has 0 spiro atoms. The summed E-state index contributed by atoms with van der Waals surface area (Å²) >= 11 is 0. The lowest BCUT2D eigenvalue weighted by atomic mass is 9.99. The van der Waals surface area contributed by atoms with Gasteiger partial charge >= 0.3 is 0 Å². The van der Waals surface area contributed by atoms with Crippen LogP contribution in [0, 0.1) is 0 Å². The maximum absolute atomic E-state index is 13.4. The van der Waals surface area contributed by atoms with Crippen LogP contribution < -0.4 is 24.4 Å². The Morgan fingerprint density at radius 3 is 2.20 bits per heavy atom. The van der Waals surface area contributed by atoms with Crippen LogP contribution in [0.15, 0.2) is 45.6 Å². The number of aliphatic hydroxyl groups is 6. The molecule has 0 unspecified atom stereocenters. The average Bonchev–Trinajstić information content (AvgIpc) is 3.03. The molecule has 2 aliphatic heterocycles. The van der Waals surface area contributed by atoms with Gasteiger partial charge in [-0.15, -0.1) is 0 Å². The van der Waals surface area contributed by atoms with E-state index in [1.807, 2.05) is 0 Å². The Morgan fingerprint density at radius 2 is 1.50 bits per heavy atom. The fourth-order valence-electron chi connectivity index (χ4n) is 4.96. The zero-order chi connectivity index (χ0) is 31.7. The zero-order valence-corrected chi connectivity index (χ0v) is 23.9. The molecule has 3 aromatic rings. The zero-order valence-electron chi connectivity index (χ0n) is 23.9. The molecule has 6 N–H and O–H groups in total. The van der Waals surface area contributed by atoms with Gasteiger partial charge in [0.1, 0.15) is 71.0 Å². The van der Waals surface area contributed by atoms with Crippen LogP contribution in [0.4, 0.5) is 0 Å². The maximum atomic E-state index is 13.4. The molecular weight excluding hydrogens is 588 g/mol. The van der Waals surface area contributed by atoms with E-state index in [2.05, 4.69) is 0 Å². The first-order valence-electron chi connectivity index (χ1n) is 13.6. The highest BCUT2D eigenvalue weighted by molar-refractivity contribution is 5.86. The lowest BCUT2D eigenvalue weighted by molar-refractivity contribution is -0.307. The number of rotatable bonds is 9. The Kier molecular flexibility index (Phi) is 9.59. The Balaban J connectivity index is 1.42. The van der Waals surface area contributed by atoms with Crippen molar-refractivity contribution in [2.75, 3.05) is 34.5 Å². The Bertz CT molecular complexity index is 1510. The quantitative estimate of drug-likeness (QED) is 0.171. The van der Waals surface area contributed by atoms with Crippen molar-refractivity contribution in [1.29, 1.82) is 0 Å². The van der Waals surface area contributed by atoms with Gasteiger partial charge in [-0.2, -0.15) is 0 Å². The van der Waals surface area contributed by atoms with Crippen molar-refractivity contribution in [3.63, 3.8) is 0 Å². The largest absolute Gasteiger partial charge is 0.496 e. The molecule has 0 aliphatic carbocycles. The third kappa shape index (κ3) is 6.19. The highest BCUT2D eigenvalue weighted by Crippen LogP contribution is 2.36. The number of ether oxygens (including phenoxy) is 7. The molecule has 240 valence electrons. The monoisotopic (exact) mass is 622 g/mol. The van der Waals surface area contributed by atoms with E-state index in [1.54, 1.807) is 18.2 Å². The van der Waals surface area contributed by atoms with E-state index in [4.69, 9.17) is 37.6 Å². The molecule has 0 amide bonds. The third-order valence-electron chi connectivity index (χ3n) is 7.46. The second-order valence-electron chi connectivity index (χ2n) is 10.3. The summed E-state index contributed by atoms with van der Waals surface area (Å²) in [5.74, 6) is 1.23. The number of methoxy groups -OCH3 is 3. The van der Waals surface area contributed by atoms with Crippen LogP contribution in [0.25, 0.3) is 22.3 Å². The summed E-state index contributed by atoms with van der Waals surface area (Å²) in [7, 11) is 4.36. The van der Waals surface area contributed by atoms with E-state index in [1.165, 1.54) is 39.5 Å². The fourth-order valence-corrected chi connectivity index (χ4v) is 4.96. The third-order valence-corrected chi connectivity index (χ3v) is 7.46. The average molecular weight is 623 g/mol. The molecule has 3 heterocycles. The van der Waals surface area contributed by atoms with E-state index < -0.39 is 67.3 Å². The lowest BCUT2D eigenvalue weighted by Gasteiger charge is -2.41. The van der Waals surface area contributed by atoms with Gasteiger partial charge in [0.15, 0.2) is 23.2 Å². The molecule has 44 heavy (non-hydrogen) atoms. The molecule has 2 aliphatic rings. The van der Waals surface area contributed by atoms with Crippen molar-refractivity contribution in [3.8, 4) is 34.3 Å². The number of aliphatic hydroxyl groups excluding tert-OH is 6. The number of benzene rings is 2. The maximum Gasteiger partial charge on any atom is 0.229 e. The second kappa shape index (κ2) is 13.2. The molecule has 9 atom stereocenters. The number of hydrogen-bond donors (Lipinski definition) is 6. The van der Waals surface area contributed by atoms with E-state index >= 15 is 0 Å². The summed E-state index contributed by atoms with van der Waals surface area (Å²) in [6, 6.07) is 9.07. The van der Waals surface area contributed by atoms with Gasteiger partial charge in [0.05, 0.1) is 34.5 Å². The van der Waals surface area contributed by atoms with Crippen molar-refractivity contribution >= 4 is 11.0 Å². The van der Waals surface area contributed by atoms with Gasteiger partial charge in [-0.05, 0) is 18.2 Å². The highest BCUT2D eigenvalue weighted by atomic mass is 16.7. The number of fused-ring (bicyclic) bond motifs is 1. The molecule has 15 heteroatoms. The molecule has 1 aromatic heterocycles. The summed E-state index contributed by atoms with van der Waals surface area (Å²) in [4.78, 5) is 13.4. The van der Waals surface area contributed by atoms with Crippen molar-refractivity contribution in [2.24, 2.45) is 0 Å². The normalized spacial score (nSPS) is 30.6. The molecule has 2 fully saturated rings. The summed E-state index contributed by atoms with van der Waals surface area (Å²) in [6.07, 6.45) is -14.0. The van der Waals surface area contributed by atoms with Gasteiger partial charge in [0.25, 0.3) is 0 Å². The molecule has 0 saturated carbocycles. The minimum atomic E-state index is -1.77. The summed E-state index contributed by atoms with van der Waals surface area (Å²) in [5.41, 5.74) is 0.0854. The van der Waals surface area contributed by atoms with Gasteiger partial charge in [-0.3, -0.25) is 4.79 Å². The Hall–Kier alpha value is -3.51. The first kappa shape index (κ1) is 31.9. The van der Waals surface area contributed by atoms with Gasteiger partial charge < -0.3 is 68.2 Å². The van der Waals surface area contributed by atoms with Crippen LogP contribution in [-0.4, -0.2) is 120 Å². The molecule has 5 rings (SSSR count). The van der Waals surface area contributed by atoms with E-state index in [0.717, 1.165) is 0 Å². The van der Waals surface area contributed by atoms with Crippen LogP contribution >= 0.6 is 0 Å². The summed E-state index contributed by atoms with van der Waals surface area (Å²) < 4.78 is 44.2. The van der Waals surface area contributed by atoms with Crippen molar-refractivity contribution in [3.05, 3.63) is 46.6 Å². The molecule has 2 saturated heterocycles. The standard InChI is InChI=1S/C29H34O15/c1-37-13-7-19-22(14(30)9-17(42-19)12-4-5-16(38-2)18(6-12)39-3)20(8-13)43-29-27(36)25(34)24(33)21(44-29)11-41-28-26(35)23(32)15(31)10-40-28/h4-9,15,21,23-29,31-36H,10-11H2,1-3H3/t15-,21+,23-,24+,25-,26-,27+,28+,29-/m0/s1. The first-order valence-corrected chi connectivity index (χ1v) is 13.6. The van der Waals surface area contributed by atoms with Gasteiger partial charge in [0.2, 0.25) is 6.29 Å². The van der Waals surface area contributed by atoms with Gasteiger partial charge in [-0.25, -0.2) is 0 Å². The Labute approximate surface area is 250 Å². The molecule has 0 bridgehead atoms. The van der Waals surface area contributed by atoms with Crippen LogP contribution in [0.5, 0.6) is 23.0 Å². The van der Waals surface area contributed by atoms with E-state index in [9.17, 15) is 35.4 Å². The second-order valence-corrected chi connectivity index (χ2v) is 10.3. The highest BCUT2D eigenvalue weighted by Gasteiger charge is 2.46. The molecule has 2 aromatic carbocycles. The molecular formula is C29H34O15. The van der Waals surface area contributed by atoms with E-state index in [-0.39, 0.29) is 34.8 Å². The Morgan fingerprint density at radius 1 is 0.773 bits per heavy atom. The van der Waals surface area contributed by atoms with Crippen molar-refractivity contribution in [1.82, 2.24) is 0 Å². The van der Waals surface area contributed by atoms with E-state index in [0.29, 0.717) is 17.1 Å². The van der Waals surface area contributed by atoms with Crippen LogP contribution in [0.3, 0.4) is 0 Å². The molecule has 0 radical (unpaired) electrons. The summed E-state index contributed by atoms with van der Waals surface area (Å²) in [6.45, 7) is -0.797. The first-order chi connectivity index (χ1) is 21.1.